The van der Waals surface area contributed by atoms with Crippen LogP contribution < -0.4 is 11.1 Å². The number of hydrogen-bond donors (Lipinski definition) is 2. The predicted molar refractivity (Wildman–Crippen MR) is 52.3 cm³/mol. The van der Waals surface area contributed by atoms with Crippen LogP contribution in [0.1, 0.15) is 19.3 Å². The van der Waals surface area contributed by atoms with Gasteiger partial charge in [0.05, 0.1) is 6.04 Å². The summed E-state index contributed by atoms with van der Waals surface area (Å²) in [5.74, 6) is 0.0641. The number of carbonyl (C=O) groups is 1. The normalized spacial score (nSPS) is 18.0. The molecule has 1 amide bonds. The highest BCUT2D eigenvalue weighted by atomic mass is 16.1. The van der Waals surface area contributed by atoms with Crippen molar-refractivity contribution in [1.29, 1.82) is 0 Å². The monoisotopic (exact) mass is 197 g/mol. The third-order valence-corrected chi connectivity index (χ3v) is 2.57. The fraction of sp³-hybridized carbons (Fsp3) is 0.875. The molecule has 6 nitrogen and oxygen atoms in total. The third kappa shape index (κ3) is 2.90. The molecule has 0 saturated heterocycles. The van der Waals surface area contributed by atoms with Gasteiger partial charge < -0.3 is 11.1 Å². The number of nitrogens with one attached hydrogen (secondary N) is 1. The topological polar surface area (TPSA) is 104 Å². The number of rotatable bonds is 6. The van der Waals surface area contributed by atoms with Crippen molar-refractivity contribution in [3.8, 4) is 0 Å². The zero-order valence-electron chi connectivity index (χ0n) is 8.02. The van der Waals surface area contributed by atoms with Crippen LogP contribution in [0.15, 0.2) is 5.11 Å². The summed E-state index contributed by atoms with van der Waals surface area (Å²) >= 11 is 0. The highest BCUT2D eigenvalue weighted by Gasteiger charge is 2.30. The molecule has 0 spiro atoms. The van der Waals surface area contributed by atoms with Crippen LogP contribution in [0.2, 0.25) is 0 Å². The van der Waals surface area contributed by atoms with E-state index in [-0.39, 0.29) is 11.9 Å². The first kappa shape index (κ1) is 10.8. The van der Waals surface area contributed by atoms with Crippen LogP contribution in [0.3, 0.4) is 0 Å². The summed E-state index contributed by atoms with van der Waals surface area (Å²) in [6.45, 7) is 0.862. The van der Waals surface area contributed by atoms with Crippen LogP contribution in [-0.4, -0.2) is 25.0 Å². The molecule has 0 aromatic rings. The molecule has 1 rings (SSSR count). The molecule has 1 unspecified atom stereocenters. The Morgan fingerprint density at radius 3 is 2.86 bits per heavy atom. The van der Waals surface area contributed by atoms with Crippen LogP contribution in [0.25, 0.3) is 10.4 Å². The summed E-state index contributed by atoms with van der Waals surface area (Å²) in [5.41, 5.74) is 13.3. The maximum absolute atomic E-state index is 11.1. The lowest BCUT2D eigenvalue weighted by Gasteiger charge is -2.32. The van der Waals surface area contributed by atoms with E-state index in [1.165, 1.54) is 6.42 Å². The van der Waals surface area contributed by atoms with Gasteiger partial charge in [-0.05, 0) is 24.3 Å². The van der Waals surface area contributed by atoms with Crippen LogP contribution in [0.4, 0.5) is 0 Å². The molecule has 0 radical (unpaired) electrons. The van der Waals surface area contributed by atoms with Gasteiger partial charge in [0, 0.05) is 18.0 Å². The summed E-state index contributed by atoms with van der Waals surface area (Å²) in [6, 6.07) is -0.252. The molecule has 0 heterocycles. The zero-order valence-corrected chi connectivity index (χ0v) is 8.02. The molecule has 0 aromatic heterocycles. The van der Waals surface area contributed by atoms with Crippen molar-refractivity contribution in [1.82, 2.24) is 5.32 Å². The van der Waals surface area contributed by atoms with Crippen LogP contribution in [-0.2, 0) is 4.79 Å². The number of hydrogen-bond acceptors (Lipinski definition) is 3. The minimum atomic E-state index is -0.310. The number of carbonyl (C=O) groups excluding carboxylic acids is 1. The Morgan fingerprint density at radius 2 is 2.43 bits per heavy atom. The number of azide groups is 1. The number of nitrogens with zero attached hydrogens (tertiary/aromatic N) is 3. The Balaban J connectivity index is 2.28. The van der Waals surface area contributed by atoms with Gasteiger partial charge in [-0.15, -0.1) is 0 Å². The molecule has 1 fully saturated rings. The van der Waals surface area contributed by atoms with Crippen molar-refractivity contribution in [3.63, 3.8) is 0 Å². The van der Waals surface area contributed by atoms with E-state index in [0.29, 0.717) is 19.0 Å². The quantitative estimate of drug-likeness (QED) is 0.281. The molecule has 78 valence electrons. The summed E-state index contributed by atoms with van der Waals surface area (Å²) in [4.78, 5) is 13.7. The van der Waals surface area contributed by atoms with Crippen LogP contribution in [0, 0.1) is 5.92 Å². The van der Waals surface area contributed by atoms with E-state index in [1.54, 1.807) is 0 Å². The Morgan fingerprint density at radius 1 is 1.71 bits per heavy atom. The molecule has 1 aliphatic carbocycles. The van der Waals surface area contributed by atoms with Gasteiger partial charge in [-0.25, -0.2) is 0 Å². The molecule has 1 saturated carbocycles. The van der Waals surface area contributed by atoms with E-state index >= 15 is 0 Å². The van der Waals surface area contributed by atoms with E-state index < -0.39 is 0 Å². The van der Waals surface area contributed by atoms with Gasteiger partial charge in [0.25, 0.3) is 0 Å². The fourth-order valence-electron chi connectivity index (χ4n) is 1.59. The standard InChI is InChI=1S/C8H15N5O/c9-8(14)7(6-2-1-3-6)11-4-5-12-13-10/h6-7,11H,1-5H2,(H2,9,14). The zero-order chi connectivity index (χ0) is 10.4. The lowest BCUT2D eigenvalue weighted by Crippen LogP contribution is -2.49. The van der Waals surface area contributed by atoms with Gasteiger partial charge in [-0.2, -0.15) is 0 Å². The molecular formula is C8H15N5O. The number of amides is 1. The molecule has 0 bridgehead atoms. The van der Waals surface area contributed by atoms with Gasteiger partial charge in [-0.1, -0.05) is 11.5 Å². The fourth-order valence-corrected chi connectivity index (χ4v) is 1.59. The largest absolute Gasteiger partial charge is 0.368 e. The molecule has 0 aromatic carbocycles. The second-order valence-electron chi connectivity index (χ2n) is 3.48. The Kier molecular flexibility index (Phi) is 4.22. The number of nitrogens with two attached hydrogens (primary N) is 1. The molecule has 14 heavy (non-hydrogen) atoms. The lowest BCUT2D eigenvalue weighted by atomic mass is 9.79. The van der Waals surface area contributed by atoms with E-state index in [0.717, 1.165) is 12.8 Å². The first-order valence-electron chi connectivity index (χ1n) is 4.79. The van der Waals surface area contributed by atoms with Crippen molar-refractivity contribution >= 4 is 5.91 Å². The first-order valence-corrected chi connectivity index (χ1v) is 4.79. The minimum absolute atomic E-state index is 0.252. The molecule has 6 heteroatoms. The first-order chi connectivity index (χ1) is 6.75. The van der Waals surface area contributed by atoms with Crippen LogP contribution >= 0.6 is 0 Å². The SMILES string of the molecule is [N-]=[N+]=NCCNC(C(N)=O)C1CCC1. The van der Waals surface area contributed by atoms with Crippen molar-refractivity contribution in [2.24, 2.45) is 16.8 Å². The van der Waals surface area contributed by atoms with Crippen molar-refractivity contribution in [3.05, 3.63) is 10.4 Å². The third-order valence-electron chi connectivity index (χ3n) is 2.57. The lowest BCUT2D eigenvalue weighted by molar-refractivity contribution is -0.122. The highest BCUT2D eigenvalue weighted by molar-refractivity contribution is 5.80. The smallest absolute Gasteiger partial charge is 0.234 e. The molecule has 3 N–H and O–H groups in total. The maximum Gasteiger partial charge on any atom is 0.234 e. The summed E-state index contributed by atoms with van der Waals surface area (Å²) in [6.07, 6.45) is 3.29. The Hall–Kier alpha value is -1.26. The molecule has 1 atom stereocenters. The average molecular weight is 197 g/mol. The van der Waals surface area contributed by atoms with E-state index in [2.05, 4.69) is 15.3 Å². The Bertz CT molecular complexity index is 244. The Labute approximate surface area is 82.5 Å². The predicted octanol–water partition coefficient (Wildman–Crippen LogP) is 0.540. The van der Waals surface area contributed by atoms with Crippen LogP contribution in [0.5, 0.6) is 0 Å². The second-order valence-corrected chi connectivity index (χ2v) is 3.48. The summed E-state index contributed by atoms with van der Waals surface area (Å²) in [7, 11) is 0. The molecule has 0 aliphatic heterocycles. The minimum Gasteiger partial charge on any atom is -0.368 e. The molecule has 1 aliphatic rings. The van der Waals surface area contributed by atoms with Gasteiger partial charge in [0.2, 0.25) is 5.91 Å². The van der Waals surface area contributed by atoms with E-state index in [1.807, 2.05) is 0 Å². The summed E-state index contributed by atoms with van der Waals surface area (Å²) < 4.78 is 0. The van der Waals surface area contributed by atoms with Gasteiger partial charge in [0.1, 0.15) is 0 Å². The highest BCUT2D eigenvalue weighted by Crippen LogP contribution is 2.29. The van der Waals surface area contributed by atoms with Gasteiger partial charge >= 0.3 is 0 Å². The van der Waals surface area contributed by atoms with E-state index in [4.69, 9.17) is 11.3 Å². The number of primary amides is 1. The maximum atomic E-state index is 11.1. The molecular weight excluding hydrogens is 182 g/mol. The van der Waals surface area contributed by atoms with Crippen molar-refractivity contribution in [2.75, 3.05) is 13.1 Å². The average Bonchev–Trinajstić information content (AvgIpc) is 2.06. The van der Waals surface area contributed by atoms with Crippen molar-refractivity contribution < 1.29 is 4.79 Å². The van der Waals surface area contributed by atoms with Crippen molar-refractivity contribution in [2.45, 2.75) is 25.3 Å². The second kappa shape index (κ2) is 5.47. The summed E-state index contributed by atoms with van der Waals surface area (Å²) in [5, 5.41) is 6.39. The van der Waals surface area contributed by atoms with Gasteiger partial charge in [0.15, 0.2) is 0 Å². The van der Waals surface area contributed by atoms with Gasteiger partial charge in [-0.3, -0.25) is 4.79 Å². The van der Waals surface area contributed by atoms with E-state index in [9.17, 15) is 4.79 Å².